The van der Waals surface area contributed by atoms with E-state index in [-0.39, 0.29) is 29.7 Å². The fraction of sp³-hybridized carbons (Fsp3) is 0.429. The molecule has 0 spiro atoms. The van der Waals surface area contributed by atoms with Crippen LogP contribution in [-0.2, 0) is 14.3 Å². The summed E-state index contributed by atoms with van der Waals surface area (Å²) in [4.78, 5) is 25.4. The van der Waals surface area contributed by atoms with Crippen molar-refractivity contribution < 1.29 is 14.3 Å². The van der Waals surface area contributed by atoms with E-state index < -0.39 is 0 Å². The van der Waals surface area contributed by atoms with Crippen molar-refractivity contribution in [2.45, 2.75) is 12.5 Å². The molecule has 0 radical (unpaired) electrons. The molecule has 4 nitrogen and oxygen atoms in total. The molecule has 5 heteroatoms. The third kappa shape index (κ3) is 2.73. The van der Waals surface area contributed by atoms with Crippen LogP contribution < -0.4 is 0 Å². The van der Waals surface area contributed by atoms with Crippen molar-refractivity contribution in [1.29, 1.82) is 0 Å². The number of carbonyl (C=O) groups excluding carboxylic acids is 2. The number of nitrogens with zero attached hydrogens (tertiary/aromatic N) is 1. The molecule has 1 aromatic rings. The minimum absolute atomic E-state index is 0.0722. The molecular formula is C14H16ClNO3. The van der Waals surface area contributed by atoms with E-state index in [0.717, 1.165) is 5.56 Å². The van der Waals surface area contributed by atoms with Crippen LogP contribution in [0.5, 0.6) is 0 Å². The topological polar surface area (TPSA) is 46.6 Å². The molecule has 0 unspecified atom stereocenters. The van der Waals surface area contributed by atoms with Crippen LogP contribution in [-0.4, -0.2) is 36.3 Å². The van der Waals surface area contributed by atoms with Gasteiger partial charge in [-0.2, -0.15) is 0 Å². The number of methoxy groups -OCH3 is 1. The van der Waals surface area contributed by atoms with Crippen LogP contribution in [0.2, 0.25) is 0 Å². The molecule has 19 heavy (non-hydrogen) atoms. The van der Waals surface area contributed by atoms with Crippen LogP contribution in [0.15, 0.2) is 30.3 Å². The van der Waals surface area contributed by atoms with Gasteiger partial charge in [0.25, 0.3) is 0 Å². The minimum Gasteiger partial charge on any atom is -0.469 e. The molecule has 0 N–H and O–H groups in total. The summed E-state index contributed by atoms with van der Waals surface area (Å²) >= 11 is 5.64. The van der Waals surface area contributed by atoms with Gasteiger partial charge in [0.05, 0.1) is 19.1 Å². The van der Waals surface area contributed by atoms with E-state index in [1.807, 2.05) is 30.3 Å². The molecule has 0 aromatic heterocycles. The lowest BCUT2D eigenvalue weighted by molar-refractivity contribution is -0.146. The van der Waals surface area contributed by atoms with Gasteiger partial charge in [0.1, 0.15) is 5.88 Å². The van der Waals surface area contributed by atoms with Gasteiger partial charge < -0.3 is 9.64 Å². The third-order valence-electron chi connectivity index (χ3n) is 3.48. The zero-order valence-corrected chi connectivity index (χ0v) is 11.5. The summed E-state index contributed by atoms with van der Waals surface area (Å²) in [6.07, 6.45) is 0.606. The van der Waals surface area contributed by atoms with E-state index in [1.54, 1.807) is 4.90 Å². The van der Waals surface area contributed by atoms with Crippen molar-refractivity contribution in [2.75, 3.05) is 19.5 Å². The molecule has 1 aliphatic rings. The van der Waals surface area contributed by atoms with Crippen molar-refractivity contribution in [3.63, 3.8) is 0 Å². The van der Waals surface area contributed by atoms with Crippen LogP contribution >= 0.6 is 11.6 Å². The second-order valence-corrected chi connectivity index (χ2v) is 4.76. The smallest absolute Gasteiger partial charge is 0.311 e. The number of esters is 1. The standard InChI is InChI=1S/C14H16ClNO3/c1-19-14(18)11-7-8-16(12(17)9-15)13(11)10-5-3-2-4-6-10/h2-6,11,13H,7-9H2,1H3/t11-,13-/m1/s1. The predicted molar refractivity (Wildman–Crippen MR) is 71.7 cm³/mol. The number of rotatable bonds is 3. The number of hydrogen-bond donors (Lipinski definition) is 0. The molecule has 0 bridgehead atoms. The number of alkyl halides is 1. The number of ether oxygens (including phenoxy) is 1. The Bertz CT molecular complexity index is 439. The maximum atomic E-state index is 11.9. The Kier molecular flexibility index (Phi) is 4.43. The Balaban J connectivity index is 2.33. The minimum atomic E-state index is -0.320. The maximum Gasteiger partial charge on any atom is 0.311 e. The third-order valence-corrected chi connectivity index (χ3v) is 3.71. The molecule has 1 amide bonds. The molecule has 0 aliphatic carbocycles. The summed E-state index contributed by atoms with van der Waals surface area (Å²) in [7, 11) is 1.37. The SMILES string of the molecule is COC(=O)[C@@H]1CCN(C(=O)CCl)[C@@H]1c1ccccc1. The van der Waals surface area contributed by atoms with E-state index in [4.69, 9.17) is 16.3 Å². The second-order valence-electron chi connectivity index (χ2n) is 4.49. The van der Waals surface area contributed by atoms with Crippen LogP contribution in [0.3, 0.4) is 0 Å². The summed E-state index contributed by atoms with van der Waals surface area (Å²) in [5.41, 5.74) is 0.939. The lowest BCUT2D eigenvalue weighted by Gasteiger charge is -2.27. The average molecular weight is 282 g/mol. The zero-order chi connectivity index (χ0) is 13.8. The number of likely N-dealkylation sites (tertiary alicyclic amines) is 1. The number of halogens is 1. The Morgan fingerprint density at radius 2 is 2.05 bits per heavy atom. The van der Waals surface area contributed by atoms with Crippen molar-refractivity contribution in [3.8, 4) is 0 Å². The quantitative estimate of drug-likeness (QED) is 0.629. The number of amides is 1. The zero-order valence-electron chi connectivity index (χ0n) is 10.7. The predicted octanol–water partition coefficient (Wildman–Crippen LogP) is 1.99. The highest BCUT2D eigenvalue weighted by atomic mass is 35.5. The van der Waals surface area contributed by atoms with Gasteiger partial charge in [-0.3, -0.25) is 9.59 Å². The Morgan fingerprint density at radius 3 is 2.63 bits per heavy atom. The number of benzene rings is 1. The average Bonchev–Trinajstić information content (AvgIpc) is 2.91. The molecule has 1 heterocycles. The summed E-state index contributed by atoms with van der Waals surface area (Å²) < 4.78 is 4.84. The monoisotopic (exact) mass is 281 g/mol. The summed E-state index contributed by atoms with van der Waals surface area (Å²) in [5, 5.41) is 0. The van der Waals surface area contributed by atoms with E-state index in [1.165, 1.54) is 7.11 Å². The first-order valence-corrected chi connectivity index (χ1v) is 6.70. The number of carbonyl (C=O) groups is 2. The van der Waals surface area contributed by atoms with E-state index in [9.17, 15) is 9.59 Å². The van der Waals surface area contributed by atoms with Gasteiger partial charge >= 0.3 is 5.97 Å². The first kappa shape index (κ1) is 13.9. The van der Waals surface area contributed by atoms with Crippen LogP contribution in [0.25, 0.3) is 0 Å². The highest BCUT2D eigenvalue weighted by molar-refractivity contribution is 6.27. The molecular weight excluding hydrogens is 266 g/mol. The highest BCUT2D eigenvalue weighted by Gasteiger charge is 2.42. The van der Waals surface area contributed by atoms with Gasteiger partial charge in [0.2, 0.25) is 5.91 Å². The second kappa shape index (κ2) is 6.06. The van der Waals surface area contributed by atoms with E-state index in [2.05, 4.69) is 0 Å². The van der Waals surface area contributed by atoms with Gasteiger partial charge in [0, 0.05) is 6.54 Å². The summed E-state index contributed by atoms with van der Waals surface area (Å²) in [6, 6.07) is 9.25. The lowest BCUT2D eigenvalue weighted by Crippen LogP contribution is -2.34. The molecule has 1 aromatic carbocycles. The Hall–Kier alpha value is -1.55. The van der Waals surface area contributed by atoms with Crippen molar-refractivity contribution in [2.24, 2.45) is 5.92 Å². The molecule has 1 fully saturated rings. The van der Waals surface area contributed by atoms with Gasteiger partial charge in [0.15, 0.2) is 0 Å². The van der Waals surface area contributed by atoms with E-state index in [0.29, 0.717) is 13.0 Å². The van der Waals surface area contributed by atoms with Crippen LogP contribution in [0.1, 0.15) is 18.0 Å². The lowest BCUT2D eigenvalue weighted by atomic mass is 9.94. The fourth-order valence-electron chi connectivity index (χ4n) is 2.61. The van der Waals surface area contributed by atoms with E-state index >= 15 is 0 Å². The normalized spacial score (nSPS) is 22.3. The fourth-order valence-corrected chi connectivity index (χ4v) is 2.76. The molecule has 2 rings (SSSR count). The molecule has 1 saturated heterocycles. The first-order valence-electron chi connectivity index (χ1n) is 6.17. The molecule has 1 aliphatic heterocycles. The van der Waals surface area contributed by atoms with Gasteiger partial charge in [-0.05, 0) is 12.0 Å². The van der Waals surface area contributed by atoms with Gasteiger partial charge in [-0.15, -0.1) is 11.6 Å². The maximum absolute atomic E-state index is 11.9. The molecule has 102 valence electrons. The van der Waals surface area contributed by atoms with Gasteiger partial charge in [-0.1, -0.05) is 30.3 Å². The van der Waals surface area contributed by atoms with Crippen LogP contribution in [0, 0.1) is 5.92 Å². The largest absolute Gasteiger partial charge is 0.469 e. The summed E-state index contributed by atoms with van der Waals surface area (Å²) in [5.74, 6) is -0.822. The Labute approximate surface area is 117 Å². The molecule has 0 saturated carbocycles. The van der Waals surface area contributed by atoms with Gasteiger partial charge in [-0.25, -0.2) is 0 Å². The van der Waals surface area contributed by atoms with Crippen LogP contribution in [0.4, 0.5) is 0 Å². The highest BCUT2D eigenvalue weighted by Crippen LogP contribution is 2.38. The Morgan fingerprint density at radius 1 is 1.37 bits per heavy atom. The van der Waals surface area contributed by atoms with Crippen molar-refractivity contribution in [3.05, 3.63) is 35.9 Å². The van der Waals surface area contributed by atoms with Crippen molar-refractivity contribution in [1.82, 2.24) is 4.90 Å². The van der Waals surface area contributed by atoms with Crippen molar-refractivity contribution >= 4 is 23.5 Å². The summed E-state index contributed by atoms with van der Waals surface area (Å²) in [6.45, 7) is 0.533. The number of hydrogen-bond acceptors (Lipinski definition) is 3. The molecule has 2 atom stereocenters. The first-order chi connectivity index (χ1) is 9.19.